The van der Waals surface area contributed by atoms with Crippen molar-refractivity contribution in [3.8, 4) is 78.8 Å². The van der Waals surface area contributed by atoms with Crippen LogP contribution in [0.15, 0.2) is 194 Å². The summed E-state index contributed by atoms with van der Waals surface area (Å²) in [5.74, 6) is 2.19. The first-order valence-corrected chi connectivity index (χ1v) is 20.0. The summed E-state index contributed by atoms with van der Waals surface area (Å²) in [6.45, 7) is 4.39. The Balaban J connectivity index is 0.959. The van der Waals surface area contributed by atoms with E-state index in [0.717, 1.165) is 72.1 Å². The van der Waals surface area contributed by atoms with Crippen LogP contribution >= 0.6 is 0 Å². The van der Waals surface area contributed by atoms with E-state index in [4.69, 9.17) is 24.9 Å². The Bertz CT molecular complexity index is 3070. The summed E-state index contributed by atoms with van der Waals surface area (Å²) in [6, 6.07) is 67.3. The molecular weight excluding hydrogens is 719 g/mol. The fourth-order valence-corrected chi connectivity index (χ4v) is 7.64. The molecular formula is C54H39N5. The van der Waals surface area contributed by atoms with Crippen molar-refractivity contribution in [1.29, 1.82) is 0 Å². The van der Waals surface area contributed by atoms with Gasteiger partial charge >= 0.3 is 0 Å². The number of hydrogen-bond acceptors (Lipinski definition) is 5. The summed E-state index contributed by atoms with van der Waals surface area (Å²) >= 11 is 0. The lowest BCUT2D eigenvalue weighted by Gasteiger charge is -2.14. The van der Waals surface area contributed by atoms with Crippen molar-refractivity contribution in [3.63, 3.8) is 0 Å². The molecule has 0 amide bonds. The summed E-state index contributed by atoms with van der Waals surface area (Å²) in [4.78, 5) is 25.3. The molecule has 0 radical (unpaired) electrons. The lowest BCUT2D eigenvalue weighted by molar-refractivity contribution is 0.831. The van der Waals surface area contributed by atoms with Crippen LogP contribution in [0.1, 0.15) is 25.5 Å². The molecule has 0 fully saturated rings. The van der Waals surface area contributed by atoms with Gasteiger partial charge in [-0.25, -0.2) is 19.9 Å². The minimum atomic E-state index is 0.284. The largest absolute Gasteiger partial charge is 0.250 e. The van der Waals surface area contributed by atoms with Crippen molar-refractivity contribution in [2.45, 2.75) is 19.8 Å². The minimum Gasteiger partial charge on any atom is -0.250 e. The van der Waals surface area contributed by atoms with Crippen LogP contribution in [0.4, 0.5) is 0 Å². The van der Waals surface area contributed by atoms with Gasteiger partial charge in [0.15, 0.2) is 17.5 Å². The molecule has 10 aromatic rings. The Morgan fingerprint density at radius 3 is 1.24 bits per heavy atom. The van der Waals surface area contributed by atoms with Crippen molar-refractivity contribution < 1.29 is 0 Å². The van der Waals surface area contributed by atoms with Crippen LogP contribution in [-0.4, -0.2) is 24.9 Å². The lowest BCUT2D eigenvalue weighted by atomic mass is 9.96. The second kappa shape index (κ2) is 15.4. The molecule has 0 aliphatic heterocycles. The van der Waals surface area contributed by atoms with E-state index in [1.165, 1.54) is 16.7 Å². The second-order valence-corrected chi connectivity index (χ2v) is 15.1. The van der Waals surface area contributed by atoms with E-state index in [-0.39, 0.29) is 5.92 Å². The van der Waals surface area contributed by atoms with Gasteiger partial charge in [0.2, 0.25) is 0 Å². The molecule has 59 heavy (non-hydrogen) atoms. The summed E-state index contributed by atoms with van der Waals surface area (Å²) in [5, 5.41) is 2.19. The predicted octanol–water partition coefficient (Wildman–Crippen LogP) is 13.8. The summed E-state index contributed by atoms with van der Waals surface area (Å²) in [5.41, 5.74) is 14.6. The molecule has 0 aliphatic rings. The molecule has 5 heteroatoms. The Kier molecular flexibility index (Phi) is 9.32. The lowest BCUT2D eigenvalue weighted by Crippen LogP contribution is -2.00. The molecule has 5 nitrogen and oxygen atoms in total. The van der Waals surface area contributed by atoms with E-state index in [9.17, 15) is 0 Å². The maximum atomic E-state index is 5.25. The van der Waals surface area contributed by atoms with Crippen LogP contribution in [0, 0.1) is 0 Å². The number of pyridine rings is 2. The Labute approximate surface area is 343 Å². The highest BCUT2D eigenvalue weighted by Gasteiger charge is 2.16. The van der Waals surface area contributed by atoms with Gasteiger partial charge in [-0.3, -0.25) is 4.98 Å². The van der Waals surface area contributed by atoms with Gasteiger partial charge in [-0.15, -0.1) is 0 Å². The van der Waals surface area contributed by atoms with Gasteiger partial charge in [0, 0.05) is 38.7 Å². The Hall–Kier alpha value is -7.63. The molecule has 3 aromatic heterocycles. The maximum absolute atomic E-state index is 5.25. The smallest absolute Gasteiger partial charge is 0.164 e. The molecule has 0 bridgehead atoms. The first-order valence-electron chi connectivity index (χ1n) is 20.0. The number of benzene rings is 7. The van der Waals surface area contributed by atoms with Gasteiger partial charge in [-0.2, -0.15) is 0 Å². The average Bonchev–Trinajstić information content (AvgIpc) is 3.32. The molecule has 0 saturated heterocycles. The van der Waals surface area contributed by atoms with Crippen LogP contribution in [0.2, 0.25) is 0 Å². The third kappa shape index (κ3) is 7.15. The van der Waals surface area contributed by atoms with Crippen LogP contribution in [0.25, 0.3) is 101 Å². The van der Waals surface area contributed by atoms with Crippen LogP contribution in [0.5, 0.6) is 0 Å². The molecule has 0 aliphatic carbocycles. The predicted molar refractivity (Wildman–Crippen MR) is 243 cm³/mol. The average molecular weight is 758 g/mol. The molecule has 0 N–H and O–H groups in total. The van der Waals surface area contributed by atoms with Gasteiger partial charge in [0.05, 0.1) is 16.7 Å². The number of fused-ring (bicyclic) bond motifs is 3. The fourth-order valence-electron chi connectivity index (χ4n) is 7.64. The van der Waals surface area contributed by atoms with E-state index in [1.54, 1.807) is 0 Å². The van der Waals surface area contributed by atoms with E-state index in [0.29, 0.717) is 17.5 Å². The van der Waals surface area contributed by atoms with Gasteiger partial charge in [-0.05, 0) is 51.4 Å². The van der Waals surface area contributed by atoms with Crippen molar-refractivity contribution in [2.75, 3.05) is 0 Å². The first kappa shape index (κ1) is 35.8. The standard InChI is InChI=1S/C54H39N5/c1-35(2)49-34-47(40-14-8-4-9-15-40)46-32-30-42-31-33-48(55-50(42)51(46)56-49)41-24-18-38(19-25-41)39-22-28-45(29-23-39)54-58-52(43-16-10-5-11-17-43)57-53(59-54)44-26-20-37(21-27-44)36-12-6-3-7-13-36/h3-35H,1-2H3. The molecule has 0 saturated carbocycles. The van der Waals surface area contributed by atoms with Crippen LogP contribution < -0.4 is 0 Å². The number of rotatable bonds is 8. The molecule has 0 unspecified atom stereocenters. The van der Waals surface area contributed by atoms with Gasteiger partial charge in [0.1, 0.15) is 0 Å². The van der Waals surface area contributed by atoms with Crippen LogP contribution in [0.3, 0.4) is 0 Å². The number of nitrogens with zero attached hydrogens (tertiary/aromatic N) is 5. The number of aromatic nitrogens is 5. The third-order valence-corrected chi connectivity index (χ3v) is 10.9. The Morgan fingerprint density at radius 1 is 0.322 bits per heavy atom. The molecule has 280 valence electrons. The van der Waals surface area contributed by atoms with Gasteiger partial charge < -0.3 is 0 Å². The Morgan fingerprint density at radius 2 is 0.729 bits per heavy atom. The SMILES string of the molecule is CC(C)c1cc(-c2ccccc2)c2ccc3ccc(-c4ccc(-c5ccc(-c6nc(-c7ccccc7)nc(-c7ccc(-c8ccccc8)cc7)n6)cc5)cc4)nc3c2n1. The molecule has 3 heterocycles. The molecule has 7 aromatic carbocycles. The van der Waals surface area contributed by atoms with Crippen molar-refractivity contribution in [1.82, 2.24) is 24.9 Å². The second-order valence-electron chi connectivity index (χ2n) is 15.1. The summed E-state index contributed by atoms with van der Waals surface area (Å²) < 4.78 is 0. The van der Waals surface area contributed by atoms with Gasteiger partial charge in [-0.1, -0.05) is 196 Å². The van der Waals surface area contributed by atoms with E-state index >= 15 is 0 Å². The van der Waals surface area contributed by atoms with E-state index in [1.807, 2.05) is 36.4 Å². The molecule has 10 rings (SSSR count). The highest BCUT2D eigenvalue weighted by Crippen LogP contribution is 2.36. The van der Waals surface area contributed by atoms with Crippen molar-refractivity contribution in [2.24, 2.45) is 0 Å². The van der Waals surface area contributed by atoms with E-state index in [2.05, 4.69) is 172 Å². The zero-order chi connectivity index (χ0) is 39.7. The maximum Gasteiger partial charge on any atom is 0.164 e. The third-order valence-electron chi connectivity index (χ3n) is 10.9. The highest BCUT2D eigenvalue weighted by atomic mass is 15.0. The normalized spacial score (nSPS) is 11.4. The topological polar surface area (TPSA) is 64.5 Å². The monoisotopic (exact) mass is 757 g/mol. The number of hydrogen-bond donors (Lipinski definition) is 0. The molecule has 0 atom stereocenters. The first-order chi connectivity index (χ1) is 29.0. The zero-order valence-electron chi connectivity index (χ0n) is 32.8. The summed E-state index contributed by atoms with van der Waals surface area (Å²) in [7, 11) is 0. The van der Waals surface area contributed by atoms with Gasteiger partial charge in [0.25, 0.3) is 0 Å². The van der Waals surface area contributed by atoms with E-state index < -0.39 is 0 Å². The minimum absolute atomic E-state index is 0.284. The fraction of sp³-hybridized carbons (Fsp3) is 0.0556. The zero-order valence-corrected chi connectivity index (χ0v) is 32.8. The van der Waals surface area contributed by atoms with Crippen molar-refractivity contribution in [3.05, 3.63) is 200 Å². The summed E-state index contributed by atoms with van der Waals surface area (Å²) in [6.07, 6.45) is 0. The highest BCUT2D eigenvalue weighted by molar-refractivity contribution is 6.08. The van der Waals surface area contributed by atoms with Crippen molar-refractivity contribution >= 4 is 21.8 Å². The van der Waals surface area contributed by atoms with Crippen LogP contribution in [-0.2, 0) is 0 Å². The quantitative estimate of drug-likeness (QED) is 0.144. The molecule has 0 spiro atoms.